The number of aromatic nitrogens is 3. The maximum absolute atomic E-state index is 10.8. The average Bonchev–Trinajstić information content (AvgIpc) is 2.52. The fourth-order valence-corrected chi connectivity index (χ4v) is 0.646. The van der Waals surface area contributed by atoms with Crippen molar-refractivity contribution in [3.8, 4) is 6.07 Å². The van der Waals surface area contributed by atoms with Gasteiger partial charge in [0.05, 0.1) is 19.4 Å². The van der Waals surface area contributed by atoms with Crippen LogP contribution >= 0.6 is 0 Å². The van der Waals surface area contributed by atoms with E-state index in [2.05, 4.69) is 15.0 Å². The van der Waals surface area contributed by atoms with Crippen molar-refractivity contribution in [1.82, 2.24) is 15.0 Å². The van der Waals surface area contributed by atoms with Crippen LogP contribution in [0.25, 0.3) is 0 Å². The lowest BCUT2D eigenvalue weighted by Crippen LogP contribution is -2.01. The third-order valence-corrected chi connectivity index (χ3v) is 1.17. The predicted octanol–water partition coefficient (Wildman–Crippen LogP) is -0.412. The maximum Gasteiger partial charge on any atom is 0.360 e. The fourth-order valence-electron chi connectivity index (χ4n) is 0.646. The number of esters is 1. The van der Waals surface area contributed by atoms with Crippen molar-refractivity contribution in [2.75, 3.05) is 7.11 Å². The van der Waals surface area contributed by atoms with Crippen molar-refractivity contribution in [3.05, 3.63) is 11.9 Å². The maximum atomic E-state index is 10.8. The average molecular weight is 166 g/mol. The summed E-state index contributed by atoms with van der Waals surface area (Å²) in [6.45, 7) is 0.0734. The molecule has 6 nitrogen and oxygen atoms in total. The molecule has 12 heavy (non-hydrogen) atoms. The molecule has 6 heteroatoms. The lowest BCUT2D eigenvalue weighted by atomic mass is 10.5. The Hall–Kier alpha value is -1.90. The summed E-state index contributed by atoms with van der Waals surface area (Å²) in [4.78, 5) is 10.8. The smallest absolute Gasteiger partial charge is 0.360 e. The molecule has 0 saturated carbocycles. The van der Waals surface area contributed by atoms with E-state index in [1.54, 1.807) is 0 Å². The molecular weight excluding hydrogens is 160 g/mol. The molecule has 0 aromatic carbocycles. The van der Waals surface area contributed by atoms with Crippen LogP contribution in [0.4, 0.5) is 0 Å². The molecule has 0 bridgehead atoms. The second-order valence-corrected chi connectivity index (χ2v) is 1.95. The monoisotopic (exact) mass is 166 g/mol. The van der Waals surface area contributed by atoms with Crippen LogP contribution in [0.5, 0.6) is 0 Å². The minimum atomic E-state index is -0.556. The Morgan fingerprint density at radius 3 is 3.25 bits per heavy atom. The van der Waals surface area contributed by atoms with E-state index in [1.807, 2.05) is 6.07 Å². The first-order chi connectivity index (χ1) is 5.77. The van der Waals surface area contributed by atoms with Crippen LogP contribution in [0.15, 0.2) is 6.20 Å². The Morgan fingerprint density at radius 1 is 1.92 bits per heavy atom. The fraction of sp³-hybridized carbons (Fsp3) is 0.333. The molecule has 0 aliphatic carbocycles. The van der Waals surface area contributed by atoms with Crippen molar-refractivity contribution in [2.45, 2.75) is 6.54 Å². The lowest BCUT2D eigenvalue weighted by molar-refractivity contribution is 0.0594. The Bertz CT molecular complexity index is 325. The van der Waals surface area contributed by atoms with Gasteiger partial charge in [-0.2, -0.15) is 5.26 Å². The molecule has 0 fully saturated rings. The van der Waals surface area contributed by atoms with Crippen molar-refractivity contribution >= 4 is 5.97 Å². The molecule has 0 aliphatic heterocycles. The number of hydrogen-bond donors (Lipinski definition) is 0. The highest BCUT2D eigenvalue weighted by Gasteiger charge is 2.09. The van der Waals surface area contributed by atoms with E-state index in [0.717, 1.165) is 0 Å². The van der Waals surface area contributed by atoms with E-state index in [4.69, 9.17) is 5.26 Å². The van der Waals surface area contributed by atoms with Crippen molar-refractivity contribution in [2.24, 2.45) is 0 Å². The van der Waals surface area contributed by atoms with E-state index in [1.165, 1.54) is 18.0 Å². The van der Waals surface area contributed by atoms with Crippen LogP contribution in [0.2, 0.25) is 0 Å². The molecule has 0 unspecified atom stereocenters. The number of carbonyl (C=O) groups excluding carboxylic acids is 1. The van der Waals surface area contributed by atoms with Crippen LogP contribution in [-0.2, 0) is 11.3 Å². The van der Waals surface area contributed by atoms with E-state index < -0.39 is 5.97 Å². The SMILES string of the molecule is COC(=O)c1cn(CC#N)nn1. The Balaban J connectivity index is 2.78. The molecule has 1 rings (SSSR count). The number of methoxy groups -OCH3 is 1. The van der Waals surface area contributed by atoms with Crippen LogP contribution < -0.4 is 0 Å². The number of nitrogens with zero attached hydrogens (tertiary/aromatic N) is 4. The van der Waals surface area contributed by atoms with Gasteiger partial charge in [-0.05, 0) is 0 Å². The first-order valence-electron chi connectivity index (χ1n) is 3.13. The topological polar surface area (TPSA) is 80.8 Å². The number of nitriles is 1. The van der Waals surface area contributed by atoms with E-state index in [0.29, 0.717) is 0 Å². The normalized spacial score (nSPS) is 9.00. The molecule has 0 saturated heterocycles. The second kappa shape index (κ2) is 3.48. The zero-order chi connectivity index (χ0) is 8.97. The van der Waals surface area contributed by atoms with E-state index in [-0.39, 0.29) is 12.2 Å². The van der Waals surface area contributed by atoms with Gasteiger partial charge in [0.25, 0.3) is 0 Å². The molecule has 0 spiro atoms. The molecule has 1 heterocycles. The zero-order valence-corrected chi connectivity index (χ0v) is 6.39. The van der Waals surface area contributed by atoms with E-state index in [9.17, 15) is 4.79 Å². The molecule has 0 N–H and O–H groups in total. The van der Waals surface area contributed by atoms with Gasteiger partial charge < -0.3 is 4.74 Å². The summed E-state index contributed by atoms with van der Waals surface area (Å²) >= 11 is 0. The molecular formula is C6H6N4O2. The quantitative estimate of drug-likeness (QED) is 0.558. The molecule has 1 aromatic rings. The van der Waals surface area contributed by atoms with Crippen molar-refractivity contribution < 1.29 is 9.53 Å². The van der Waals surface area contributed by atoms with Gasteiger partial charge >= 0.3 is 5.97 Å². The third-order valence-electron chi connectivity index (χ3n) is 1.17. The summed E-state index contributed by atoms with van der Waals surface area (Å²) in [5.41, 5.74) is 0.104. The van der Waals surface area contributed by atoms with Gasteiger partial charge in [0.2, 0.25) is 0 Å². The van der Waals surface area contributed by atoms with Gasteiger partial charge in [0.1, 0.15) is 6.54 Å². The molecule has 1 aromatic heterocycles. The van der Waals surface area contributed by atoms with Gasteiger partial charge in [-0.25, -0.2) is 9.48 Å². The van der Waals surface area contributed by atoms with Crippen LogP contribution in [0, 0.1) is 11.3 Å². The van der Waals surface area contributed by atoms with E-state index >= 15 is 0 Å². The summed E-state index contributed by atoms with van der Waals surface area (Å²) in [5, 5.41) is 15.3. The summed E-state index contributed by atoms with van der Waals surface area (Å²) < 4.78 is 5.65. The van der Waals surface area contributed by atoms with Crippen molar-refractivity contribution in [3.63, 3.8) is 0 Å². The molecule has 0 amide bonds. The largest absolute Gasteiger partial charge is 0.464 e. The van der Waals surface area contributed by atoms with Gasteiger partial charge in [0, 0.05) is 0 Å². The first kappa shape index (κ1) is 8.20. The van der Waals surface area contributed by atoms with Gasteiger partial charge in [-0.15, -0.1) is 5.10 Å². The molecule has 0 aliphatic rings. The van der Waals surface area contributed by atoms with Crippen LogP contribution in [0.3, 0.4) is 0 Å². The standard InChI is InChI=1S/C6H6N4O2/c1-12-6(11)5-4-10(3-2-7)9-8-5/h4H,3H2,1H3. The third kappa shape index (κ3) is 1.58. The lowest BCUT2D eigenvalue weighted by Gasteiger charge is -1.89. The van der Waals surface area contributed by atoms with Crippen LogP contribution in [-0.4, -0.2) is 28.1 Å². The minimum absolute atomic E-state index is 0.0734. The Kier molecular flexibility index (Phi) is 2.38. The van der Waals surface area contributed by atoms with Crippen molar-refractivity contribution in [1.29, 1.82) is 5.26 Å². The second-order valence-electron chi connectivity index (χ2n) is 1.95. The number of carbonyl (C=O) groups is 1. The summed E-state index contributed by atoms with van der Waals surface area (Å²) in [7, 11) is 1.26. The number of ether oxygens (including phenoxy) is 1. The van der Waals surface area contributed by atoms with Gasteiger partial charge in [0.15, 0.2) is 5.69 Å². The van der Waals surface area contributed by atoms with Crippen LogP contribution in [0.1, 0.15) is 10.5 Å². The minimum Gasteiger partial charge on any atom is -0.464 e. The number of rotatable bonds is 2. The number of hydrogen-bond acceptors (Lipinski definition) is 5. The highest BCUT2D eigenvalue weighted by Crippen LogP contribution is 1.94. The predicted molar refractivity (Wildman–Crippen MR) is 37.0 cm³/mol. The highest BCUT2D eigenvalue weighted by atomic mass is 16.5. The summed E-state index contributed by atoms with van der Waals surface area (Å²) in [6.07, 6.45) is 1.36. The first-order valence-corrected chi connectivity index (χ1v) is 3.13. The summed E-state index contributed by atoms with van der Waals surface area (Å²) in [5.74, 6) is -0.556. The summed E-state index contributed by atoms with van der Waals surface area (Å²) in [6, 6.07) is 1.86. The molecule has 0 atom stereocenters. The molecule has 62 valence electrons. The van der Waals surface area contributed by atoms with Gasteiger partial charge in [-0.3, -0.25) is 0 Å². The zero-order valence-electron chi connectivity index (χ0n) is 6.39. The Labute approximate surface area is 68.4 Å². The highest BCUT2D eigenvalue weighted by molar-refractivity contribution is 5.86. The Morgan fingerprint density at radius 2 is 2.67 bits per heavy atom. The van der Waals surface area contributed by atoms with Gasteiger partial charge in [-0.1, -0.05) is 5.21 Å². The molecule has 0 radical (unpaired) electrons.